The van der Waals surface area contributed by atoms with Crippen molar-refractivity contribution in [1.82, 2.24) is 19.9 Å². The maximum atomic E-state index is 9.47. The first-order chi connectivity index (χ1) is 8.83. The van der Waals surface area contributed by atoms with E-state index in [9.17, 15) is 5.11 Å². The van der Waals surface area contributed by atoms with Crippen LogP contribution in [0.15, 0.2) is 12.7 Å². The number of nitrogens with one attached hydrogen (secondary N) is 2. The van der Waals surface area contributed by atoms with Crippen LogP contribution in [0.4, 0.5) is 5.82 Å². The highest BCUT2D eigenvalue weighted by molar-refractivity contribution is 5.81. The molecule has 0 atom stereocenters. The number of imidazole rings is 1. The fourth-order valence-electron chi connectivity index (χ4n) is 2.49. The van der Waals surface area contributed by atoms with Gasteiger partial charge in [0.15, 0.2) is 11.5 Å². The normalized spacial score (nSPS) is 24.3. The second-order valence-electron chi connectivity index (χ2n) is 4.88. The minimum Gasteiger partial charge on any atom is -0.393 e. The first-order valence-corrected chi connectivity index (χ1v) is 6.39. The van der Waals surface area contributed by atoms with E-state index in [2.05, 4.69) is 25.3 Å². The SMILES string of the molecule is OC1CCC(CNc2ncnc3nc[nH]c23)CC1. The van der Waals surface area contributed by atoms with E-state index in [0.29, 0.717) is 11.6 Å². The minimum atomic E-state index is -0.0976. The Morgan fingerprint density at radius 1 is 1.22 bits per heavy atom. The molecular weight excluding hydrogens is 230 g/mol. The lowest BCUT2D eigenvalue weighted by atomic mass is 9.87. The summed E-state index contributed by atoms with van der Waals surface area (Å²) in [7, 11) is 0. The summed E-state index contributed by atoms with van der Waals surface area (Å²) in [5.41, 5.74) is 1.54. The van der Waals surface area contributed by atoms with Gasteiger partial charge in [-0.1, -0.05) is 0 Å². The Hall–Kier alpha value is -1.69. The Bertz CT molecular complexity index is 518. The summed E-state index contributed by atoms with van der Waals surface area (Å²) in [5.74, 6) is 1.42. The number of H-pyrrole nitrogens is 1. The summed E-state index contributed by atoms with van der Waals surface area (Å²) in [6, 6.07) is 0. The van der Waals surface area contributed by atoms with E-state index >= 15 is 0 Å². The number of hydrogen-bond donors (Lipinski definition) is 3. The van der Waals surface area contributed by atoms with Crippen molar-refractivity contribution in [2.75, 3.05) is 11.9 Å². The molecule has 3 rings (SSSR count). The summed E-state index contributed by atoms with van der Waals surface area (Å²) in [6.07, 6.45) is 7.03. The standard InChI is InChI=1S/C12H17N5O/c18-9-3-1-8(2-4-9)5-13-11-10-12(15-6-14-10)17-7-16-11/h6-9,18H,1-5H2,(H2,13,14,15,16,17). The number of hydrogen-bond acceptors (Lipinski definition) is 5. The summed E-state index contributed by atoms with van der Waals surface area (Å²) in [5, 5.41) is 12.8. The summed E-state index contributed by atoms with van der Waals surface area (Å²) in [6.45, 7) is 0.887. The minimum absolute atomic E-state index is 0.0976. The van der Waals surface area contributed by atoms with Gasteiger partial charge in [-0.25, -0.2) is 15.0 Å². The second-order valence-corrected chi connectivity index (χ2v) is 4.88. The van der Waals surface area contributed by atoms with Gasteiger partial charge in [-0.2, -0.15) is 0 Å². The van der Waals surface area contributed by atoms with Crippen LogP contribution in [0.2, 0.25) is 0 Å². The van der Waals surface area contributed by atoms with Crippen LogP contribution in [0.1, 0.15) is 25.7 Å². The monoisotopic (exact) mass is 247 g/mol. The van der Waals surface area contributed by atoms with Crippen molar-refractivity contribution in [3.05, 3.63) is 12.7 Å². The molecule has 1 aliphatic carbocycles. The van der Waals surface area contributed by atoms with Gasteiger partial charge in [-0.15, -0.1) is 0 Å². The fourth-order valence-corrected chi connectivity index (χ4v) is 2.49. The largest absolute Gasteiger partial charge is 0.393 e. The first-order valence-electron chi connectivity index (χ1n) is 6.39. The Labute approximate surface area is 105 Å². The number of nitrogens with zero attached hydrogens (tertiary/aromatic N) is 3. The number of aromatic amines is 1. The second kappa shape index (κ2) is 4.89. The number of anilines is 1. The van der Waals surface area contributed by atoms with Crippen LogP contribution in [0.5, 0.6) is 0 Å². The molecule has 6 heteroatoms. The molecule has 0 spiro atoms. The van der Waals surface area contributed by atoms with Crippen LogP contribution >= 0.6 is 0 Å². The van der Waals surface area contributed by atoms with Crippen molar-refractivity contribution in [2.45, 2.75) is 31.8 Å². The zero-order chi connectivity index (χ0) is 12.4. The molecule has 18 heavy (non-hydrogen) atoms. The topological polar surface area (TPSA) is 86.7 Å². The predicted octanol–water partition coefficient (Wildman–Crippen LogP) is 1.32. The van der Waals surface area contributed by atoms with Crippen LogP contribution < -0.4 is 5.32 Å². The van der Waals surface area contributed by atoms with Gasteiger partial charge >= 0.3 is 0 Å². The van der Waals surface area contributed by atoms with E-state index in [1.54, 1.807) is 6.33 Å². The van der Waals surface area contributed by atoms with Crippen molar-refractivity contribution in [1.29, 1.82) is 0 Å². The molecule has 0 aromatic carbocycles. The molecule has 0 amide bonds. The Balaban J connectivity index is 1.64. The van der Waals surface area contributed by atoms with E-state index in [0.717, 1.165) is 43.6 Å². The third-order valence-corrected chi connectivity index (χ3v) is 3.60. The van der Waals surface area contributed by atoms with Crippen molar-refractivity contribution < 1.29 is 5.11 Å². The molecule has 96 valence electrons. The molecule has 1 fully saturated rings. The van der Waals surface area contributed by atoms with Gasteiger partial charge in [0.25, 0.3) is 0 Å². The molecule has 0 aliphatic heterocycles. The van der Waals surface area contributed by atoms with Crippen molar-refractivity contribution in [2.24, 2.45) is 5.92 Å². The van der Waals surface area contributed by atoms with Crippen LogP contribution in [0, 0.1) is 5.92 Å². The highest BCUT2D eigenvalue weighted by atomic mass is 16.3. The number of aromatic nitrogens is 4. The van der Waals surface area contributed by atoms with Gasteiger partial charge in [0.2, 0.25) is 0 Å². The summed E-state index contributed by atoms with van der Waals surface area (Å²) >= 11 is 0. The zero-order valence-corrected chi connectivity index (χ0v) is 10.1. The summed E-state index contributed by atoms with van der Waals surface area (Å²) in [4.78, 5) is 15.5. The van der Waals surface area contributed by atoms with Gasteiger partial charge < -0.3 is 15.4 Å². The van der Waals surface area contributed by atoms with Crippen LogP contribution in [-0.2, 0) is 0 Å². The number of aliphatic hydroxyl groups excluding tert-OH is 1. The van der Waals surface area contributed by atoms with Gasteiger partial charge in [0.1, 0.15) is 11.8 Å². The molecule has 0 bridgehead atoms. The Morgan fingerprint density at radius 3 is 2.89 bits per heavy atom. The van der Waals surface area contributed by atoms with Crippen molar-refractivity contribution >= 4 is 17.0 Å². The lowest BCUT2D eigenvalue weighted by molar-refractivity contribution is 0.111. The maximum Gasteiger partial charge on any atom is 0.182 e. The Kier molecular flexibility index (Phi) is 3.10. The van der Waals surface area contributed by atoms with E-state index in [4.69, 9.17) is 0 Å². The molecule has 0 saturated heterocycles. The smallest absolute Gasteiger partial charge is 0.182 e. The van der Waals surface area contributed by atoms with Crippen LogP contribution in [-0.4, -0.2) is 37.7 Å². The molecule has 0 unspecified atom stereocenters. The molecule has 2 heterocycles. The average molecular weight is 247 g/mol. The first kappa shape index (κ1) is 11.4. The lowest BCUT2D eigenvalue weighted by Gasteiger charge is -2.25. The Morgan fingerprint density at radius 2 is 2.06 bits per heavy atom. The molecule has 6 nitrogen and oxygen atoms in total. The fraction of sp³-hybridized carbons (Fsp3) is 0.583. The van der Waals surface area contributed by atoms with Gasteiger partial charge in [0, 0.05) is 6.54 Å². The highest BCUT2D eigenvalue weighted by Crippen LogP contribution is 2.25. The van der Waals surface area contributed by atoms with Gasteiger partial charge in [-0.3, -0.25) is 0 Å². The lowest BCUT2D eigenvalue weighted by Crippen LogP contribution is -2.23. The maximum absolute atomic E-state index is 9.47. The average Bonchev–Trinajstić information content (AvgIpc) is 2.87. The summed E-state index contributed by atoms with van der Waals surface area (Å²) < 4.78 is 0. The van der Waals surface area contributed by atoms with Gasteiger partial charge in [0.05, 0.1) is 12.4 Å². The third-order valence-electron chi connectivity index (χ3n) is 3.60. The number of fused-ring (bicyclic) bond motifs is 1. The van der Waals surface area contributed by atoms with E-state index in [1.165, 1.54) is 6.33 Å². The quantitative estimate of drug-likeness (QED) is 0.761. The molecule has 2 aromatic rings. The van der Waals surface area contributed by atoms with Crippen LogP contribution in [0.25, 0.3) is 11.2 Å². The molecule has 0 radical (unpaired) electrons. The van der Waals surface area contributed by atoms with Gasteiger partial charge in [-0.05, 0) is 31.6 Å². The third kappa shape index (κ3) is 2.28. The van der Waals surface area contributed by atoms with Crippen molar-refractivity contribution in [3.8, 4) is 0 Å². The number of aliphatic hydroxyl groups is 1. The molecule has 1 aliphatic rings. The van der Waals surface area contributed by atoms with Crippen LogP contribution in [0.3, 0.4) is 0 Å². The van der Waals surface area contributed by atoms with Crippen molar-refractivity contribution in [3.63, 3.8) is 0 Å². The van der Waals surface area contributed by atoms with E-state index < -0.39 is 0 Å². The number of rotatable bonds is 3. The molecular formula is C12H17N5O. The molecule has 2 aromatic heterocycles. The molecule has 3 N–H and O–H groups in total. The molecule has 1 saturated carbocycles. The van der Waals surface area contributed by atoms with E-state index in [1.807, 2.05) is 0 Å². The predicted molar refractivity (Wildman–Crippen MR) is 68.1 cm³/mol. The highest BCUT2D eigenvalue weighted by Gasteiger charge is 2.19. The zero-order valence-electron chi connectivity index (χ0n) is 10.1. The van der Waals surface area contributed by atoms with E-state index in [-0.39, 0.29) is 6.10 Å².